The van der Waals surface area contributed by atoms with E-state index in [2.05, 4.69) is 32.6 Å². The molecule has 0 aliphatic carbocycles. The van der Waals surface area contributed by atoms with Crippen molar-refractivity contribution in [3.8, 4) is 0 Å². The van der Waals surface area contributed by atoms with E-state index in [0.29, 0.717) is 17.4 Å². The number of nitrogens with zero attached hydrogens (tertiary/aromatic N) is 2. The molecule has 4 nitrogen and oxygen atoms in total. The van der Waals surface area contributed by atoms with Gasteiger partial charge in [-0.3, -0.25) is 0 Å². The Morgan fingerprint density at radius 2 is 1.78 bits per heavy atom. The van der Waals surface area contributed by atoms with Crippen molar-refractivity contribution in [1.82, 2.24) is 9.21 Å². The molecule has 5 heteroatoms. The first-order valence-corrected chi connectivity index (χ1v) is 10.2. The van der Waals surface area contributed by atoms with Crippen LogP contribution in [0.5, 0.6) is 0 Å². The second-order valence-corrected chi connectivity index (χ2v) is 8.68. The van der Waals surface area contributed by atoms with E-state index in [0.717, 1.165) is 32.5 Å². The third kappa shape index (κ3) is 4.34. The van der Waals surface area contributed by atoms with Gasteiger partial charge in [-0.1, -0.05) is 39.8 Å². The van der Waals surface area contributed by atoms with E-state index >= 15 is 0 Å². The molecule has 0 N–H and O–H groups in total. The largest absolute Gasteiger partial charge is 0.301 e. The summed E-state index contributed by atoms with van der Waals surface area (Å²) in [6.07, 6.45) is 1.83. The first-order chi connectivity index (χ1) is 10.9. The first-order valence-electron chi connectivity index (χ1n) is 8.71. The minimum Gasteiger partial charge on any atom is -0.301 e. The highest BCUT2D eigenvalue weighted by Gasteiger charge is 2.35. The quantitative estimate of drug-likeness (QED) is 0.800. The van der Waals surface area contributed by atoms with Gasteiger partial charge in [-0.05, 0) is 43.0 Å². The molecule has 1 unspecified atom stereocenters. The van der Waals surface area contributed by atoms with Crippen LogP contribution < -0.4 is 0 Å². The molecule has 1 aliphatic rings. The molecule has 23 heavy (non-hydrogen) atoms. The maximum atomic E-state index is 13.1. The van der Waals surface area contributed by atoms with Crippen LogP contribution in [0.4, 0.5) is 0 Å². The smallest absolute Gasteiger partial charge is 0.243 e. The normalized spacial score (nSPS) is 21.0. The van der Waals surface area contributed by atoms with Crippen LogP contribution in [0.15, 0.2) is 29.2 Å². The fraction of sp³-hybridized carbons (Fsp3) is 0.667. The van der Waals surface area contributed by atoms with Crippen LogP contribution in [0.2, 0.25) is 0 Å². The highest BCUT2D eigenvalue weighted by Crippen LogP contribution is 2.25. The molecular weight excluding hydrogens is 308 g/mol. The van der Waals surface area contributed by atoms with Gasteiger partial charge >= 0.3 is 0 Å². The van der Waals surface area contributed by atoms with Crippen molar-refractivity contribution >= 4 is 10.0 Å². The Kier molecular flexibility index (Phi) is 6.23. The maximum absolute atomic E-state index is 13.1. The molecule has 1 fully saturated rings. The summed E-state index contributed by atoms with van der Waals surface area (Å²) < 4.78 is 27.9. The molecule has 2 rings (SSSR count). The van der Waals surface area contributed by atoms with E-state index in [-0.39, 0.29) is 6.04 Å². The topological polar surface area (TPSA) is 40.6 Å². The SMILES string of the molecule is CCc1ccc(S(=O)(=O)N2CCN(CC)CC2CC(C)C)cc1. The minimum absolute atomic E-state index is 0.0690. The summed E-state index contributed by atoms with van der Waals surface area (Å²) in [5.41, 5.74) is 1.17. The van der Waals surface area contributed by atoms with Crippen LogP contribution in [0.25, 0.3) is 0 Å². The third-order valence-electron chi connectivity index (χ3n) is 4.64. The van der Waals surface area contributed by atoms with Crippen LogP contribution in [-0.2, 0) is 16.4 Å². The molecule has 0 amide bonds. The molecular formula is C18H30N2O2S. The third-order valence-corrected chi connectivity index (χ3v) is 6.61. The van der Waals surface area contributed by atoms with Crippen molar-refractivity contribution < 1.29 is 8.42 Å². The standard InChI is InChI=1S/C18H30N2O2S/c1-5-16-7-9-18(10-8-16)23(21,22)20-12-11-19(6-2)14-17(20)13-15(3)4/h7-10,15,17H,5-6,11-14H2,1-4H3. The van der Waals surface area contributed by atoms with Crippen molar-refractivity contribution in [2.75, 3.05) is 26.2 Å². The highest BCUT2D eigenvalue weighted by atomic mass is 32.2. The van der Waals surface area contributed by atoms with Crippen LogP contribution in [-0.4, -0.2) is 49.8 Å². The Balaban J connectivity index is 2.27. The van der Waals surface area contributed by atoms with Gasteiger partial charge in [0.05, 0.1) is 4.90 Å². The van der Waals surface area contributed by atoms with Crippen molar-refractivity contribution in [2.24, 2.45) is 5.92 Å². The van der Waals surface area contributed by atoms with E-state index in [1.165, 1.54) is 5.56 Å². The Labute approximate surface area is 141 Å². The Morgan fingerprint density at radius 3 is 2.30 bits per heavy atom. The summed E-state index contributed by atoms with van der Waals surface area (Å²) in [5, 5.41) is 0. The molecule has 0 bridgehead atoms. The van der Waals surface area contributed by atoms with Gasteiger partial charge in [0.25, 0.3) is 0 Å². The lowest BCUT2D eigenvalue weighted by molar-refractivity contribution is 0.127. The molecule has 1 aliphatic heterocycles. The van der Waals surface area contributed by atoms with Crippen molar-refractivity contribution in [2.45, 2.75) is 51.5 Å². The van der Waals surface area contributed by atoms with Gasteiger partial charge in [-0.15, -0.1) is 0 Å². The van der Waals surface area contributed by atoms with Gasteiger partial charge in [0.15, 0.2) is 0 Å². The lowest BCUT2D eigenvalue weighted by Crippen LogP contribution is -2.55. The molecule has 1 heterocycles. The average molecular weight is 339 g/mol. The molecule has 130 valence electrons. The number of benzene rings is 1. The lowest BCUT2D eigenvalue weighted by Gasteiger charge is -2.41. The average Bonchev–Trinajstić information content (AvgIpc) is 2.54. The van der Waals surface area contributed by atoms with Crippen LogP contribution in [0, 0.1) is 5.92 Å². The fourth-order valence-corrected chi connectivity index (χ4v) is 4.89. The number of sulfonamides is 1. The zero-order valence-electron chi connectivity index (χ0n) is 14.8. The summed E-state index contributed by atoms with van der Waals surface area (Å²) in [4.78, 5) is 2.77. The number of piperazine rings is 1. The van der Waals surface area contributed by atoms with Gasteiger partial charge < -0.3 is 4.90 Å². The van der Waals surface area contributed by atoms with E-state index in [4.69, 9.17) is 0 Å². The molecule has 1 aromatic rings. The fourth-order valence-electron chi connectivity index (χ4n) is 3.28. The zero-order valence-corrected chi connectivity index (χ0v) is 15.6. The monoisotopic (exact) mass is 338 g/mol. The molecule has 0 spiro atoms. The van der Waals surface area contributed by atoms with Crippen LogP contribution >= 0.6 is 0 Å². The Morgan fingerprint density at radius 1 is 1.13 bits per heavy atom. The van der Waals surface area contributed by atoms with Crippen molar-refractivity contribution in [3.05, 3.63) is 29.8 Å². The van der Waals surface area contributed by atoms with E-state index < -0.39 is 10.0 Å². The summed E-state index contributed by atoms with van der Waals surface area (Å²) in [6, 6.07) is 7.43. The minimum atomic E-state index is -3.41. The lowest BCUT2D eigenvalue weighted by atomic mass is 10.0. The number of aryl methyl sites for hydroxylation is 1. The molecule has 1 aromatic carbocycles. The second kappa shape index (κ2) is 7.77. The van der Waals surface area contributed by atoms with Gasteiger partial charge in [-0.2, -0.15) is 4.31 Å². The van der Waals surface area contributed by atoms with Gasteiger partial charge in [0.2, 0.25) is 10.0 Å². The van der Waals surface area contributed by atoms with Gasteiger partial charge in [-0.25, -0.2) is 8.42 Å². The second-order valence-electron chi connectivity index (χ2n) is 6.79. The van der Waals surface area contributed by atoms with Crippen molar-refractivity contribution in [3.63, 3.8) is 0 Å². The Hall–Kier alpha value is -0.910. The number of likely N-dealkylation sites (N-methyl/N-ethyl adjacent to an activating group) is 1. The summed E-state index contributed by atoms with van der Waals surface area (Å²) in [5.74, 6) is 0.483. The van der Waals surface area contributed by atoms with Crippen LogP contribution in [0.1, 0.15) is 39.7 Å². The van der Waals surface area contributed by atoms with Crippen LogP contribution in [0.3, 0.4) is 0 Å². The predicted octanol–water partition coefficient (Wildman–Crippen LogP) is 2.99. The molecule has 0 saturated carbocycles. The van der Waals surface area contributed by atoms with Gasteiger partial charge in [0, 0.05) is 25.7 Å². The summed E-state index contributed by atoms with van der Waals surface area (Å²) in [6.45, 7) is 11.7. The van der Waals surface area contributed by atoms with E-state index in [9.17, 15) is 8.42 Å². The molecule has 0 radical (unpaired) electrons. The molecule has 1 saturated heterocycles. The number of hydrogen-bond acceptors (Lipinski definition) is 3. The summed E-state index contributed by atoms with van der Waals surface area (Å²) >= 11 is 0. The first kappa shape index (κ1) is 18.4. The summed E-state index contributed by atoms with van der Waals surface area (Å²) in [7, 11) is -3.41. The van der Waals surface area contributed by atoms with E-state index in [1.54, 1.807) is 16.4 Å². The zero-order chi connectivity index (χ0) is 17.0. The maximum Gasteiger partial charge on any atom is 0.243 e. The number of rotatable bonds is 6. The molecule has 0 aromatic heterocycles. The Bertz CT molecular complexity index is 596. The van der Waals surface area contributed by atoms with E-state index in [1.807, 2.05) is 12.1 Å². The van der Waals surface area contributed by atoms with Crippen molar-refractivity contribution in [1.29, 1.82) is 0 Å². The highest BCUT2D eigenvalue weighted by molar-refractivity contribution is 7.89. The predicted molar refractivity (Wildman–Crippen MR) is 95.1 cm³/mol. The number of hydrogen-bond donors (Lipinski definition) is 0. The molecule has 1 atom stereocenters. The van der Waals surface area contributed by atoms with Gasteiger partial charge in [0.1, 0.15) is 0 Å².